The Hall–Kier alpha value is -1.12. The fraction of sp³-hybridized carbons (Fsp3) is 0.588. The van der Waals surface area contributed by atoms with Gasteiger partial charge in [0.25, 0.3) is 0 Å². The molecule has 0 saturated carbocycles. The fourth-order valence-electron chi connectivity index (χ4n) is 3.49. The summed E-state index contributed by atoms with van der Waals surface area (Å²) in [6, 6.07) is 4.96. The van der Waals surface area contributed by atoms with E-state index in [1.165, 1.54) is 4.31 Å². The van der Waals surface area contributed by atoms with Crippen LogP contribution in [0, 0.1) is 0 Å². The van der Waals surface area contributed by atoms with Crippen molar-refractivity contribution in [3.8, 4) is 5.75 Å². The number of fused-ring (bicyclic) bond motifs is 1. The van der Waals surface area contributed by atoms with Gasteiger partial charge in [-0.2, -0.15) is 4.31 Å². The molecule has 2 aliphatic rings. The lowest BCUT2D eigenvalue weighted by molar-refractivity contribution is -0.125. The average molecular weight is 431 g/mol. The molecule has 2 unspecified atom stereocenters. The Kier molecular flexibility index (Phi) is 5.70. The number of nitrogens with one attached hydrogen (secondary N) is 1. The van der Waals surface area contributed by atoms with Crippen molar-refractivity contribution in [2.45, 2.75) is 44.7 Å². The molecule has 6 nitrogen and oxygen atoms in total. The molecular weight excluding hydrogens is 408 g/mol. The van der Waals surface area contributed by atoms with Crippen molar-refractivity contribution < 1.29 is 17.9 Å². The highest BCUT2D eigenvalue weighted by molar-refractivity contribution is 9.10. The van der Waals surface area contributed by atoms with Crippen LogP contribution < -0.4 is 10.1 Å². The van der Waals surface area contributed by atoms with E-state index >= 15 is 0 Å². The zero-order valence-corrected chi connectivity index (χ0v) is 16.6. The van der Waals surface area contributed by atoms with Crippen LogP contribution in [0.15, 0.2) is 22.7 Å². The van der Waals surface area contributed by atoms with Crippen LogP contribution in [0.4, 0.5) is 0 Å². The second kappa shape index (κ2) is 7.63. The molecule has 3 rings (SSSR count). The number of hydrogen-bond acceptors (Lipinski definition) is 4. The van der Waals surface area contributed by atoms with Gasteiger partial charge in [0.1, 0.15) is 11.8 Å². The molecule has 2 atom stereocenters. The molecular formula is C17H23BrN2O4S. The fourth-order valence-corrected chi connectivity index (χ4v) is 5.62. The molecule has 2 aliphatic heterocycles. The van der Waals surface area contributed by atoms with Gasteiger partial charge in [-0.1, -0.05) is 22.9 Å². The van der Waals surface area contributed by atoms with E-state index in [0.29, 0.717) is 32.4 Å². The minimum absolute atomic E-state index is 0.0871. The lowest BCUT2D eigenvalue weighted by Crippen LogP contribution is -2.47. The van der Waals surface area contributed by atoms with Gasteiger partial charge in [0.15, 0.2) is 0 Å². The minimum Gasteiger partial charge on any atom is -0.493 e. The Labute approximate surface area is 157 Å². The zero-order valence-electron chi connectivity index (χ0n) is 14.2. The molecule has 1 fully saturated rings. The number of carbonyl (C=O) groups excluding carboxylic acids is 1. The number of amides is 1. The number of sulfonamides is 1. The van der Waals surface area contributed by atoms with Gasteiger partial charge in [0.2, 0.25) is 15.9 Å². The molecule has 8 heteroatoms. The Morgan fingerprint density at radius 1 is 1.40 bits per heavy atom. The molecule has 1 aromatic carbocycles. The maximum absolute atomic E-state index is 12.8. The van der Waals surface area contributed by atoms with E-state index in [1.807, 2.05) is 25.1 Å². The average Bonchev–Trinajstić information content (AvgIpc) is 3.06. The number of halogens is 1. The number of hydrogen-bond donors (Lipinski definition) is 1. The lowest BCUT2D eigenvalue weighted by Gasteiger charge is -2.29. The topological polar surface area (TPSA) is 75.7 Å². The number of ether oxygens (including phenoxy) is 1. The van der Waals surface area contributed by atoms with Crippen LogP contribution in [-0.4, -0.2) is 43.6 Å². The molecule has 1 saturated heterocycles. The van der Waals surface area contributed by atoms with Crippen molar-refractivity contribution in [1.29, 1.82) is 0 Å². The van der Waals surface area contributed by atoms with Crippen molar-refractivity contribution in [3.05, 3.63) is 28.2 Å². The summed E-state index contributed by atoms with van der Waals surface area (Å²) in [5, 5.41) is 3.04. The van der Waals surface area contributed by atoms with E-state index < -0.39 is 16.1 Å². The molecule has 0 radical (unpaired) electrons. The second-order valence-electron chi connectivity index (χ2n) is 6.47. The summed E-state index contributed by atoms with van der Waals surface area (Å²) < 4.78 is 32.8. The van der Waals surface area contributed by atoms with Crippen molar-refractivity contribution in [1.82, 2.24) is 9.62 Å². The van der Waals surface area contributed by atoms with Gasteiger partial charge in [-0.15, -0.1) is 0 Å². The maximum Gasteiger partial charge on any atom is 0.238 e. The predicted molar refractivity (Wildman–Crippen MR) is 98.9 cm³/mol. The van der Waals surface area contributed by atoms with E-state index in [1.54, 1.807) is 0 Å². The molecule has 1 amide bonds. The standard InChI is InChI=1S/C17H23BrN2O4S/c1-2-10-25(22,23)20-8-3-4-15(20)17(21)19-14-7-9-24-16-6-5-12(18)11-13(14)16/h5-6,11,14-15H,2-4,7-10H2,1H3,(H,19,21). The Morgan fingerprint density at radius 3 is 2.96 bits per heavy atom. The van der Waals surface area contributed by atoms with Gasteiger partial charge in [-0.05, 0) is 37.5 Å². The normalized spacial score (nSPS) is 23.8. The van der Waals surface area contributed by atoms with E-state index in [4.69, 9.17) is 4.74 Å². The van der Waals surface area contributed by atoms with Crippen molar-refractivity contribution >= 4 is 31.9 Å². The number of rotatable bonds is 5. The Bertz CT molecular complexity index is 753. The van der Waals surface area contributed by atoms with Gasteiger partial charge in [-0.3, -0.25) is 4.79 Å². The Balaban J connectivity index is 1.76. The summed E-state index contributed by atoms with van der Waals surface area (Å²) in [6.45, 7) is 2.79. The van der Waals surface area contributed by atoms with Gasteiger partial charge < -0.3 is 10.1 Å². The van der Waals surface area contributed by atoms with Gasteiger partial charge in [0.05, 0.1) is 18.4 Å². The first-order valence-electron chi connectivity index (χ1n) is 8.64. The third kappa shape index (κ3) is 4.01. The van der Waals surface area contributed by atoms with Crippen molar-refractivity contribution in [3.63, 3.8) is 0 Å². The third-order valence-electron chi connectivity index (χ3n) is 4.65. The summed E-state index contributed by atoms with van der Waals surface area (Å²) >= 11 is 3.45. The lowest BCUT2D eigenvalue weighted by atomic mass is 10.00. The number of carbonyl (C=O) groups is 1. The number of benzene rings is 1. The highest BCUT2D eigenvalue weighted by Gasteiger charge is 2.39. The monoisotopic (exact) mass is 430 g/mol. The van der Waals surface area contributed by atoms with Crippen molar-refractivity contribution in [2.75, 3.05) is 18.9 Å². The van der Waals surface area contributed by atoms with Crippen LogP contribution in [0.3, 0.4) is 0 Å². The summed E-state index contributed by atoms with van der Waals surface area (Å²) in [6.07, 6.45) is 2.51. The van der Waals surface area contributed by atoms with Crippen LogP contribution in [0.2, 0.25) is 0 Å². The molecule has 0 aromatic heterocycles. The molecule has 138 valence electrons. The van der Waals surface area contributed by atoms with Crippen LogP contribution in [0.5, 0.6) is 5.75 Å². The van der Waals surface area contributed by atoms with E-state index in [2.05, 4.69) is 21.2 Å². The van der Waals surface area contributed by atoms with Gasteiger partial charge in [-0.25, -0.2) is 8.42 Å². The maximum atomic E-state index is 12.8. The van der Waals surface area contributed by atoms with E-state index in [9.17, 15) is 13.2 Å². The first-order chi connectivity index (χ1) is 11.9. The highest BCUT2D eigenvalue weighted by atomic mass is 79.9. The molecule has 0 aliphatic carbocycles. The summed E-state index contributed by atoms with van der Waals surface area (Å²) in [7, 11) is -3.37. The van der Waals surface area contributed by atoms with E-state index in [0.717, 1.165) is 22.2 Å². The summed E-state index contributed by atoms with van der Waals surface area (Å²) in [4.78, 5) is 12.8. The molecule has 0 bridgehead atoms. The van der Waals surface area contributed by atoms with Gasteiger partial charge in [0, 0.05) is 23.0 Å². The predicted octanol–water partition coefficient (Wildman–Crippen LogP) is 2.59. The van der Waals surface area contributed by atoms with Gasteiger partial charge >= 0.3 is 0 Å². The highest BCUT2D eigenvalue weighted by Crippen LogP contribution is 2.34. The van der Waals surface area contributed by atoms with Crippen LogP contribution in [-0.2, 0) is 14.8 Å². The molecule has 2 heterocycles. The zero-order chi connectivity index (χ0) is 18.0. The van der Waals surface area contributed by atoms with Crippen LogP contribution >= 0.6 is 15.9 Å². The van der Waals surface area contributed by atoms with E-state index in [-0.39, 0.29) is 17.7 Å². The minimum atomic E-state index is -3.37. The molecule has 0 spiro atoms. The summed E-state index contributed by atoms with van der Waals surface area (Å²) in [5.41, 5.74) is 0.926. The largest absolute Gasteiger partial charge is 0.493 e. The first-order valence-corrected chi connectivity index (χ1v) is 11.0. The molecule has 25 heavy (non-hydrogen) atoms. The third-order valence-corrected chi connectivity index (χ3v) is 7.22. The summed E-state index contributed by atoms with van der Waals surface area (Å²) in [5.74, 6) is 0.640. The molecule has 1 aromatic rings. The number of nitrogens with zero attached hydrogens (tertiary/aromatic N) is 1. The van der Waals surface area contributed by atoms with Crippen LogP contribution in [0.1, 0.15) is 44.2 Å². The van der Waals surface area contributed by atoms with Crippen LogP contribution in [0.25, 0.3) is 0 Å². The molecule has 1 N–H and O–H groups in total. The SMILES string of the molecule is CCCS(=O)(=O)N1CCCC1C(=O)NC1CCOc2ccc(Br)cc21. The smallest absolute Gasteiger partial charge is 0.238 e. The van der Waals surface area contributed by atoms with Crippen molar-refractivity contribution in [2.24, 2.45) is 0 Å². The quantitative estimate of drug-likeness (QED) is 0.778. The Morgan fingerprint density at radius 2 is 2.20 bits per heavy atom. The first kappa shape index (κ1) is 18.7. The second-order valence-corrected chi connectivity index (χ2v) is 9.42.